The van der Waals surface area contributed by atoms with Crippen molar-refractivity contribution in [3.05, 3.63) is 111 Å². The average molecular weight is 673 g/mol. The summed E-state index contributed by atoms with van der Waals surface area (Å²) in [5.41, 5.74) is -0.214. The molecule has 0 aliphatic heterocycles. The fourth-order valence-electron chi connectivity index (χ4n) is 6.00. The lowest BCUT2D eigenvalue weighted by molar-refractivity contribution is -0.139. The minimum absolute atomic E-state index is 0.00732. The lowest BCUT2D eigenvalue weighted by Crippen LogP contribution is -2.41. The molecular formula is C35H37F5N4O4. The number of carbonyl (C=O) groups excluding carboxylic acids is 1. The van der Waals surface area contributed by atoms with Gasteiger partial charge in [-0.25, -0.2) is 13.8 Å². The van der Waals surface area contributed by atoms with Crippen molar-refractivity contribution in [1.29, 1.82) is 0 Å². The van der Waals surface area contributed by atoms with E-state index in [0.717, 1.165) is 10.8 Å². The van der Waals surface area contributed by atoms with Crippen LogP contribution in [0.15, 0.2) is 60.0 Å². The van der Waals surface area contributed by atoms with E-state index in [4.69, 9.17) is 0 Å². The number of aliphatic carboxylic acids is 1. The molecule has 0 unspecified atom stereocenters. The van der Waals surface area contributed by atoms with Gasteiger partial charge in [0.25, 0.3) is 5.56 Å². The maximum absolute atomic E-state index is 15.7. The molecule has 48 heavy (non-hydrogen) atoms. The fraction of sp³-hybridized carbons (Fsp3) is 0.371. The second-order valence-electron chi connectivity index (χ2n) is 12.4. The number of rotatable bonds is 12. The molecule has 0 saturated carbocycles. The molecule has 0 bridgehead atoms. The molecule has 0 radical (unpaired) electrons. The van der Waals surface area contributed by atoms with Gasteiger partial charge in [0.1, 0.15) is 17.7 Å². The zero-order valence-corrected chi connectivity index (χ0v) is 27.2. The Morgan fingerprint density at radius 2 is 1.67 bits per heavy atom. The monoisotopic (exact) mass is 672 g/mol. The van der Waals surface area contributed by atoms with Crippen molar-refractivity contribution in [3.8, 4) is 11.1 Å². The number of amides is 1. The SMILES string of the molecule is Cc1cc(-c2c(C)cc(F)cc2C)cc([C@H](CC(=O)O)NC(=O)[C@H](CC(C)C)n2cc(CCn3ccnc3)c(C(F)(F)F)cc2=O)c1F. The third-order valence-electron chi connectivity index (χ3n) is 8.14. The Balaban J connectivity index is 1.79. The third kappa shape index (κ3) is 8.36. The van der Waals surface area contributed by atoms with Gasteiger partial charge >= 0.3 is 12.1 Å². The Labute approximate surface area is 274 Å². The van der Waals surface area contributed by atoms with Gasteiger partial charge in [-0.15, -0.1) is 0 Å². The van der Waals surface area contributed by atoms with Gasteiger partial charge in [0, 0.05) is 36.8 Å². The Hall–Kier alpha value is -4.81. The summed E-state index contributed by atoms with van der Waals surface area (Å²) in [6.45, 7) is 8.47. The molecule has 13 heteroatoms. The number of alkyl halides is 3. The molecule has 2 N–H and O–H groups in total. The Kier molecular flexibility index (Phi) is 10.9. The molecule has 0 aliphatic carbocycles. The molecule has 256 valence electrons. The summed E-state index contributed by atoms with van der Waals surface area (Å²) in [4.78, 5) is 43.1. The van der Waals surface area contributed by atoms with Crippen molar-refractivity contribution in [2.45, 2.75) is 78.7 Å². The zero-order chi connectivity index (χ0) is 35.5. The number of pyridine rings is 1. The summed E-state index contributed by atoms with van der Waals surface area (Å²) in [6.07, 6.45) is -0.191. The summed E-state index contributed by atoms with van der Waals surface area (Å²) < 4.78 is 74.3. The number of aryl methyl sites for hydroxylation is 5. The Morgan fingerprint density at radius 1 is 1.00 bits per heavy atom. The van der Waals surface area contributed by atoms with Crippen molar-refractivity contribution >= 4 is 11.9 Å². The normalized spacial score (nSPS) is 13.1. The summed E-state index contributed by atoms with van der Waals surface area (Å²) in [6, 6.07) is 3.27. The molecule has 2 aromatic heterocycles. The summed E-state index contributed by atoms with van der Waals surface area (Å²) in [5, 5.41) is 12.4. The molecule has 0 saturated heterocycles. The van der Waals surface area contributed by atoms with Crippen LogP contribution in [0.4, 0.5) is 22.0 Å². The number of carboxylic acids is 1. The number of nitrogens with one attached hydrogen (secondary N) is 1. The fourth-order valence-corrected chi connectivity index (χ4v) is 6.00. The van der Waals surface area contributed by atoms with Crippen molar-refractivity contribution in [1.82, 2.24) is 19.4 Å². The van der Waals surface area contributed by atoms with Crippen LogP contribution < -0.4 is 10.9 Å². The van der Waals surface area contributed by atoms with Crippen molar-refractivity contribution in [2.24, 2.45) is 5.92 Å². The molecule has 2 heterocycles. The topological polar surface area (TPSA) is 106 Å². The molecule has 4 rings (SSSR count). The number of hydrogen-bond donors (Lipinski definition) is 2. The highest BCUT2D eigenvalue weighted by Gasteiger charge is 2.36. The smallest absolute Gasteiger partial charge is 0.416 e. The van der Waals surface area contributed by atoms with Crippen molar-refractivity contribution in [3.63, 3.8) is 0 Å². The van der Waals surface area contributed by atoms with Gasteiger partial charge in [0.2, 0.25) is 5.91 Å². The minimum Gasteiger partial charge on any atom is -0.481 e. The van der Waals surface area contributed by atoms with Crippen LogP contribution in [0.25, 0.3) is 11.1 Å². The van der Waals surface area contributed by atoms with E-state index in [1.165, 1.54) is 37.6 Å². The van der Waals surface area contributed by atoms with Crippen LogP contribution in [0.5, 0.6) is 0 Å². The van der Waals surface area contributed by atoms with Crippen LogP contribution >= 0.6 is 0 Å². The lowest BCUT2D eigenvalue weighted by Gasteiger charge is -2.27. The Morgan fingerprint density at radius 3 is 2.23 bits per heavy atom. The van der Waals surface area contributed by atoms with E-state index < -0.39 is 59.3 Å². The molecule has 8 nitrogen and oxygen atoms in total. The third-order valence-corrected chi connectivity index (χ3v) is 8.14. The van der Waals surface area contributed by atoms with E-state index in [0.29, 0.717) is 28.3 Å². The Bertz CT molecular complexity index is 1840. The number of nitrogens with zero attached hydrogens (tertiary/aromatic N) is 3. The molecule has 0 fully saturated rings. The maximum atomic E-state index is 15.7. The van der Waals surface area contributed by atoms with Crippen LogP contribution in [-0.2, 0) is 28.7 Å². The predicted octanol–water partition coefficient (Wildman–Crippen LogP) is 7.10. The quantitative estimate of drug-likeness (QED) is 0.156. The number of imidazole rings is 1. The van der Waals surface area contributed by atoms with Gasteiger partial charge in [-0.1, -0.05) is 13.8 Å². The highest BCUT2D eigenvalue weighted by molar-refractivity contribution is 5.82. The number of aromatic nitrogens is 3. The highest BCUT2D eigenvalue weighted by atomic mass is 19.4. The first-order valence-corrected chi connectivity index (χ1v) is 15.3. The molecular weight excluding hydrogens is 635 g/mol. The van der Waals surface area contributed by atoms with Crippen molar-refractivity contribution < 1.29 is 36.6 Å². The van der Waals surface area contributed by atoms with E-state index in [1.807, 2.05) is 0 Å². The van der Waals surface area contributed by atoms with Crippen LogP contribution in [-0.4, -0.2) is 31.1 Å². The van der Waals surface area contributed by atoms with Gasteiger partial charge in [0.15, 0.2) is 0 Å². The number of carbonyl (C=O) groups is 2. The lowest BCUT2D eigenvalue weighted by atomic mass is 9.90. The van der Waals surface area contributed by atoms with E-state index in [2.05, 4.69) is 10.3 Å². The second kappa shape index (κ2) is 14.5. The molecule has 2 atom stereocenters. The number of carboxylic acid groups (broad SMARTS) is 1. The molecule has 0 spiro atoms. The molecule has 4 aromatic rings. The van der Waals surface area contributed by atoms with Gasteiger partial charge in [0.05, 0.1) is 24.4 Å². The maximum Gasteiger partial charge on any atom is 0.416 e. The molecule has 2 aromatic carbocycles. The van der Waals surface area contributed by atoms with Gasteiger partial charge in [-0.05, 0) is 97.2 Å². The van der Waals surface area contributed by atoms with E-state index in [1.54, 1.807) is 44.5 Å². The largest absolute Gasteiger partial charge is 0.481 e. The minimum atomic E-state index is -4.84. The first-order chi connectivity index (χ1) is 22.5. The van der Waals surface area contributed by atoms with Gasteiger partial charge in [-0.2, -0.15) is 13.2 Å². The first-order valence-electron chi connectivity index (χ1n) is 15.3. The summed E-state index contributed by atoms with van der Waals surface area (Å²) in [7, 11) is 0. The van der Waals surface area contributed by atoms with E-state index in [-0.39, 0.29) is 42.0 Å². The van der Waals surface area contributed by atoms with Gasteiger partial charge < -0.3 is 19.6 Å². The predicted molar refractivity (Wildman–Crippen MR) is 169 cm³/mol. The van der Waals surface area contributed by atoms with Crippen LogP contribution in [0.2, 0.25) is 0 Å². The van der Waals surface area contributed by atoms with Crippen LogP contribution in [0, 0.1) is 38.3 Å². The number of halogens is 5. The van der Waals surface area contributed by atoms with E-state index in [9.17, 15) is 37.1 Å². The number of hydrogen-bond acceptors (Lipinski definition) is 4. The van der Waals surface area contributed by atoms with Gasteiger partial charge in [-0.3, -0.25) is 14.4 Å². The zero-order valence-electron chi connectivity index (χ0n) is 27.2. The highest BCUT2D eigenvalue weighted by Crippen LogP contribution is 2.35. The molecule has 1 amide bonds. The number of benzene rings is 2. The first kappa shape index (κ1) is 36.0. The average Bonchev–Trinajstić information content (AvgIpc) is 3.49. The van der Waals surface area contributed by atoms with E-state index >= 15 is 4.39 Å². The summed E-state index contributed by atoms with van der Waals surface area (Å²) in [5.74, 6) is -3.67. The standard InChI is InChI=1S/C35H37F5N4O4/c1-19(2)10-29(44-17-23(6-8-43-9-7-41-18-43)27(15-30(44)45)35(38,39)40)34(48)42-28(16-31(46)47)26-14-24(11-22(5)33(26)37)32-20(3)12-25(36)13-21(32)4/h7,9,11-15,17-19,28-29H,6,8,10,16H2,1-5H3,(H,42,48)(H,46,47)/t28-,29-/m0/s1. The van der Waals surface area contributed by atoms with Crippen molar-refractivity contribution in [2.75, 3.05) is 0 Å². The second-order valence-corrected chi connectivity index (χ2v) is 12.4. The summed E-state index contributed by atoms with van der Waals surface area (Å²) >= 11 is 0. The molecule has 0 aliphatic rings. The van der Waals surface area contributed by atoms with Crippen LogP contribution in [0.3, 0.4) is 0 Å². The van der Waals surface area contributed by atoms with Crippen LogP contribution in [0.1, 0.15) is 72.2 Å².